The van der Waals surface area contributed by atoms with E-state index >= 15 is 0 Å². The number of benzene rings is 2. The molecule has 0 aliphatic rings. The number of nitrogens with zero attached hydrogens (tertiary/aromatic N) is 1. The Bertz CT molecular complexity index is 662. The third-order valence-corrected chi connectivity index (χ3v) is 3.91. The third kappa shape index (κ3) is 6.40. The number of hydrogen-bond acceptors (Lipinski definition) is 3. The number of rotatable bonds is 8. The monoisotopic (exact) mass is 366 g/mol. The summed E-state index contributed by atoms with van der Waals surface area (Å²) in [5.74, 6) is 0.697. The number of carbonyl (C=O) groups is 1. The van der Waals surface area contributed by atoms with Crippen molar-refractivity contribution in [1.82, 2.24) is 4.90 Å². The lowest BCUT2D eigenvalue weighted by Crippen LogP contribution is -2.31. The summed E-state index contributed by atoms with van der Waals surface area (Å²) in [6.45, 7) is 1.63. The zero-order valence-electron chi connectivity index (χ0n) is 13.5. The molecular weight excluding hydrogens is 347 g/mol. The molecule has 0 saturated carbocycles. The SMILES string of the molecule is CN(CCCOc1ccc(Cl)cc1)CC(=O)Nc1ccccc1Cl. The van der Waals surface area contributed by atoms with Gasteiger partial charge in [-0.15, -0.1) is 0 Å². The molecule has 1 amide bonds. The van der Waals surface area contributed by atoms with Gasteiger partial charge in [-0.3, -0.25) is 9.69 Å². The highest BCUT2D eigenvalue weighted by atomic mass is 35.5. The second-order valence-corrected chi connectivity index (χ2v) is 6.27. The van der Waals surface area contributed by atoms with Gasteiger partial charge in [0.2, 0.25) is 5.91 Å². The standard InChI is InChI=1S/C18H20Cl2N2O2/c1-22(11-4-12-24-15-9-7-14(19)8-10-15)13-18(23)21-17-6-3-2-5-16(17)20/h2-3,5-10H,4,11-13H2,1H3,(H,21,23). The summed E-state index contributed by atoms with van der Waals surface area (Å²) in [4.78, 5) is 13.9. The molecule has 24 heavy (non-hydrogen) atoms. The average molecular weight is 367 g/mol. The number of ether oxygens (including phenoxy) is 1. The number of likely N-dealkylation sites (N-methyl/N-ethyl adjacent to an activating group) is 1. The molecule has 2 aromatic rings. The van der Waals surface area contributed by atoms with Crippen LogP contribution >= 0.6 is 23.2 Å². The van der Waals surface area contributed by atoms with Crippen LogP contribution < -0.4 is 10.1 Å². The van der Waals surface area contributed by atoms with Gasteiger partial charge in [-0.25, -0.2) is 0 Å². The van der Waals surface area contributed by atoms with E-state index in [1.54, 1.807) is 24.3 Å². The molecule has 0 aliphatic heterocycles. The molecule has 0 saturated heterocycles. The normalized spacial score (nSPS) is 10.7. The topological polar surface area (TPSA) is 41.6 Å². The van der Waals surface area contributed by atoms with Gasteiger partial charge < -0.3 is 10.1 Å². The zero-order valence-corrected chi connectivity index (χ0v) is 15.0. The van der Waals surface area contributed by atoms with Crippen LogP contribution in [0.3, 0.4) is 0 Å². The van der Waals surface area contributed by atoms with Crippen molar-refractivity contribution in [2.45, 2.75) is 6.42 Å². The van der Waals surface area contributed by atoms with Crippen LogP contribution in [0.2, 0.25) is 10.0 Å². The summed E-state index contributed by atoms with van der Waals surface area (Å²) in [7, 11) is 1.90. The molecule has 0 bridgehead atoms. The van der Waals surface area contributed by atoms with Crippen LogP contribution in [0.4, 0.5) is 5.69 Å². The van der Waals surface area contributed by atoms with Gasteiger partial charge in [0.1, 0.15) is 5.75 Å². The predicted molar refractivity (Wildman–Crippen MR) is 99.1 cm³/mol. The Kier molecular flexibility index (Phi) is 7.37. The van der Waals surface area contributed by atoms with E-state index in [-0.39, 0.29) is 5.91 Å². The molecule has 4 nitrogen and oxygen atoms in total. The number of carbonyl (C=O) groups excluding carboxylic acids is 1. The van der Waals surface area contributed by atoms with Crippen LogP contribution in [0.15, 0.2) is 48.5 Å². The average Bonchev–Trinajstić information content (AvgIpc) is 2.55. The first kappa shape index (κ1) is 18.6. The molecule has 0 heterocycles. The minimum Gasteiger partial charge on any atom is -0.494 e. The highest BCUT2D eigenvalue weighted by molar-refractivity contribution is 6.33. The van der Waals surface area contributed by atoms with Gasteiger partial charge in [0.15, 0.2) is 0 Å². The molecule has 0 atom stereocenters. The predicted octanol–water partition coefficient (Wildman–Crippen LogP) is 4.33. The maximum Gasteiger partial charge on any atom is 0.238 e. The fraction of sp³-hybridized carbons (Fsp3) is 0.278. The Hall–Kier alpha value is -1.75. The number of nitrogens with one attached hydrogen (secondary N) is 1. The minimum absolute atomic E-state index is 0.0933. The Morgan fingerprint density at radius 1 is 1.12 bits per heavy atom. The van der Waals surface area contributed by atoms with Gasteiger partial charge in [-0.1, -0.05) is 35.3 Å². The maximum atomic E-state index is 12.0. The molecule has 0 fully saturated rings. The fourth-order valence-corrected chi connectivity index (χ4v) is 2.44. The van der Waals surface area contributed by atoms with Gasteiger partial charge in [0, 0.05) is 11.6 Å². The zero-order chi connectivity index (χ0) is 17.4. The molecule has 2 rings (SSSR count). The summed E-state index contributed by atoms with van der Waals surface area (Å²) in [6.07, 6.45) is 0.818. The van der Waals surface area contributed by atoms with Crippen molar-refractivity contribution in [3.8, 4) is 5.75 Å². The number of halogens is 2. The second kappa shape index (κ2) is 9.52. The fourth-order valence-electron chi connectivity index (χ4n) is 2.13. The summed E-state index contributed by atoms with van der Waals surface area (Å²) in [5, 5.41) is 4.03. The molecule has 0 aliphatic carbocycles. The molecular formula is C18H20Cl2N2O2. The van der Waals surface area contributed by atoms with Crippen LogP contribution in [-0.2, 0) is 4.79 Å². The Morgan fingerprint density at radius 3 is 2.54 bits per heavy atom. The van der Waals surface area contributed by atoms with Crippen LogP contribution in [-0.4, -0.2) is 37.6 Å². The van der Waals surface area contributed by atoms with Crippen molar-refractivity contribution in [2.24, 2.45) is 0 Å². The van der Waals surface area contributed by atoms with E-state index in [2.05, 4.69) is 5.32 Å². The van der Waals surface area contributed by atoms with Gasteiger partial charge in [-0.2, -0.15) is 0 Å². The van der Waals surface area contributed by atoms with E-state index in [1.807, 2.05) is 36.2 Å². The van der Waals surface area contributed by atoms with E-state index in [9.17, 15) is 4.79 Å². The van der Waals surface area contributed by atoms with Crippen molar-refractivity contribution in [3.63, 3.8) is 0 Å². The molecule has 0 spiro atoms. The summed E-state index contributed by atoms with van der Waals surface area (Å²) in [6, 6.07) is 14.4. The second-order valence-electron chi connectivity index (χ2n) is 5.42. The van der Waals surface area contributed by atoms with Crippen LogP contribution in [0, 0.1) is 0 Å². The van der Waals surface area contributed by atoms with Crippen LogP contribution in [0.1, 0.15) is 6.42 Å². The van der Waals surface area contributed by atoms with Gasteiger partial charge in [-0.05, 0) is 49.9 Å². The highest BCUT2D eigenvalue weighted by Gasteiger charge is 2.08. The molecule has 2 aromatic carbocycles. The summed E-state index contributed by atoms with van der Waals surface area (Å²) >= 11 is 11.8. The Balaban J connectivity index is 1.65. The summed E-state index contributed by atoms with van der Waals surface area (Å²) in [5.41, 5.74) is 0.628. The van der Waals surface area contributed by atoms with E-state index in [1.165, 1.54) is 0 Å². The van der Waals surface area contributed by atoms with Crippen molar-refractivity contribution in [2.75, 3.05) is 32.1 Å². The molecule has 1 N–H and O–H groups in total. The van der Waals surface area contributed by atoms with Crippen LogP contribution in [0.25, 0.3) is 0 Å². The molecule has 0 unspecified atom stereocenters. The number of para-hydroxylation sites is 1. The van der Waals surface area contributed by atoms with E-state index < -0.39 is 0 Å². The van der Waals surface area contributed by atoms with E-state index in [4.69, 9.17) is 27.9 Å². The minimum atomic E-state index is -0.0933. The first-order chi connectivity index (χ1) is 11.5. The molecule has 128 valence electrons. The lowest BCUT2D eigenvalue weighted by Gasteiger charge is -2.16. The van der Waals surface area contributed by atoms with Crippen molar-refractivity contribution >= 4 is 34.8 Å². The molecule has 0 aromatic heterocycles. The quantitative estimate of drug-likeness (QED) is 0.706. The van der Waals surface area contributed by atoms with Crippen molar-refractivity contribution < 1.29 is 9.53 Å². The molecule has 6 heteroatoms. The first-order valence-electron chi connectivity index (χ1n) is 7.66. The third-order valence-electron chi connectivity index (χ3n) is 3.33. The number of anilines is 1. The van der Waals surface area contributed by atoms with E-state index in [0.29, 0.717) is 28.9 Å². The smallest absolute Gasteiger partial charge is 0.238 e. The lowest BCUT2D eigenvalue weighted by atomic mass is 10.3. The maximum absolute atomic E-state index is 12.0. The van der Waals surface area contributed by atoms with Gasteiger partial charge >= 0.3 is 0 Å². The number of hydrogen-bond donors (Lipinski definition) is 1. The lowest BCUT2D eigenvalue weighted by molar-refractivity contribution is -0.117. The van der Waals surface area contributed by atoms with Gasteiger partial charge in [0.25, 0.3) is 0 Å². The number of amides is 1. The Labute approximate surface area is 152 Å². The van der Waals surface area contributed by atoms with Crippen molar-refractivity contribution in [3.05, 3.63) is 58.6 Å². The first-order valence-corrected chi connectivity index (χ1v) is 8.41. The van der Waals surface area contributed by atoms with E-state index in [0.717, 1.165) is 18.7 Å². The Morgan fingerprint density at radius 2 is 1.83 bits per heavy atom. The molecule has 0 radical (unpaired) electrons. The summed E-state index contributed by atoms with van der Waals surface area (Å²) < 4.78 is 5.62. The van der Waals surface area contributed by atoms with Crippen molar-refractivity contribution in [1.29, 1.82) is 0 Å². The largest absolute Gasteiger partial charge is 0.494 e. The van der Waals surface area contributed by atoms with Gasteiger partial charge in [0.05, 0.1) is 23.9 Å². The van der Waals surface area contributed by atoms with Crippen LogP contribution in [0.5, 0.6) is 5.75 Å². The highest BCUT2D eigenvalue weighted by Crippen LogP contribution is 2.20.